The third-order valence-electron chi connectivity index (χ3n) is 9.58. The highest BCUT2D eigenvalue weighted by Gasteiger charge is 2.23. The van der Waals surface area contributed by atoms with Gasteiger partial charge in [-0.1, -0.05) is 103 Å². The van der Waals surface area contributed by atoms with E-state index in [0.29, 0.717) is 5.82 Å². The van der Waals surface area contributed by atoms with Crippen LogP contribution in [0.25, 0.3) is 103 Å². The van der Waals surface area contributed by atoms with Crippen LogP contribution in [0.15, 0.2) is 144 Å². The van der Waals surface area contributed by atoms with Gasteiger partial charge in [0.1, 0.15) is 11.2 Å². The highest BCUT2D eigenvalue weighted by atomic mass is 32.1. The number of rotatable bonds is 2. The molecule has 0 aliphatic carbocycles. The van der Waals surface area contributed by atoms with Crippen molar-refractivity contribution in [2.24, 2.45) is 0 Å². The van der Waals surface area contributed by atoms with Gasteiger partial charge in [-0.15, -0.1) is 11.3 Å². The van der Waals surface area contributed by atoms with Crippen molar-refractivity contribution in [2.75, 3.05) is 0 Å². The first-order chi connectivity index (χ1) is 23.3. The quantitative estimate of drug-likeness (QED) is 0.194. The van der Waals surface area contributed by atoms with Crippen molar-refractivity contribution in [3.05, 3.63) is 140 Å². The third-order valence-corrected chi connectivity index (χ3v) is 10.7. The largest absolute Gasteiger partial charge is 0.456 e. The second-order valence-corrected chi connectivity index (χ2v) is 13.2. The highest BCUT2D eigenvalue weighted by molar-refractivity contribution is 7.26. The van der Waals surface area contributed by atoms with Crippen molar-refractivity contribution < 1.29 is 4.42 Å². The Labute approximate surface area is 271 Å². The molecular formula is C42H23N3OS. The number of nitrogens with zero attached hydrogens (tertiary/aromatic N) is 3. The number of benzene rings is 7. The van der Waals surface area contributed by atoms with Crippen LogP contribution in [0.4, 0.5) is 0 Å². The first-order valence-electron chi connectivity index (χ1n) is 15.8. The highest BCUT2D eigenvalue weighted by Crippen LogP contribution is 2.44. The normalized spacial score (nSPS) is 12.3. The van der Waals surface area contributed by atoms with E-state index in [9.17, 15) is 0 Å². The number of thiophene rings is 1. The molecule has 0 unspecified atom stereocenters. The summed E-state index contributed by atoms with van der Waals surface area (Å²) in [7, 11) is 0. The molecule has 0 atom stereocenters. The van der Waals surface area contributed by atoms with E-state index < -0.39 is 0 Å². The fourth-order valence-corrected chi connectivity index (χ4v) is 8.63. The Morgan fingerprint density at radius 1 is 0.511 bits per heavy atom. The monoisotopic (exact) mass is 617 g/mol. The van der Waals surface area contributed by atoms with Gasteiger partial charge in [-0.3, -0.25) is 4.57 Å². The fourth-order valence-electron chi connectivity index (χ4n) is 7.51. The van der Waals surface area contributed by atoms with Crippen LogP contribution in [0.5, 0.6) is 0 Å². The minimum absolute atomic E-state index is 0.685. The molecular weight excluding hydrogens is 595 g/mol. The van der Waals surface area contributed by atoms with Crippen molar-refractivity contribution >= 4 is 96.9 Å². The van der Waals surface area contributed by atoms with Crippen LogP contribution >= 0.6 is 11.3 Å². The Balaban J connectivity index is 1.34. The SMILES string of the molecule is c1ccc2cc3c(cc2c1)c1c2ccccc2ccc1n3-c1nc(-c2cccc3oc4ccccc4c23)nc2c1sc1ccccc12. The molecule has 4 heterocycles. The van der Waals surface area contributed by atoms with Gasteiger partial charge in [-0.05, 0) is 57.9 Å². The zero-order valence-electron chi connectivity index (χ0n) is 24.9. The maximum Gasteiger partial charge on any atom is 0.163 e. The molecule has 0 amide bonds. The van der Waals surface area contributed by atoms with Gasteiger partial charge in [0.25, 0.3) is 0 Å². The van der Waals surface area contributed by atoms with E-state index in [4.69, 9.17) is 14.4 Å². The summed E-state index contributed by atoms with van der Waals surface area (Å²) in [5.41, 5.74) is 5.88. The van der Waals surface area contributed by atoms with Gasteiger partial charge >= 0.3 is 0 Å². The van der Waals surface area contributed by atoms with Crippen molar-refractivity contribution in [1.82, 2.24) is 14.5 Å². The van der Waals surface area contributed by atoms with Crippen LogP contribution in [0.2, 0.25) is 0 Å². The molecule has 0 bridgehead atoms. The van der Waals surface area contributed by atoms with Crippen LogP contribution < -0.4 is 0 Å². The number of para-hydroxylation sites is 1. The third kappa shape index (κ3) is 3.46. The number of furan rings is 1. The number of hydrogen-bond acceptors (Lipinski definition) is 4. The van der Waals surface area contributed by atoms with Gasteiger partial charge in [-0.2, -0.15) is 0 Å². The van der Waals surface area contributed by atoms with E-state index in [1.165, 1.54) is 37.0 Å². The molecule has 0 spiro atoms. The van der Waals surface area contributed by atoms with Crippen LogP contribution in [0, 0.1) is 0 Å². The Hall–Kier alpha value is -6.04. The van der Waals surface area contributed by atoms with Crippen LogP contribution in [0.3, 0.4) is 0 Å². The number of hydrogen-bond donors (Lipinski definition) is 0. The lowest BCUT2D eigenvalue weighted by molar-refractivity contribution is 0.669. The summed E-state index contributed by atoms with van der Waals surface area (Å²) < 4.78 is 10.9. The lowest BCUT2D eigenvalue weighted by atomic mass is 10.0. The van der Waals surface area contributed by atoms with Crippen LogP contribution in [0.1, 0.15) is 0 Å². The van der Waals surface area contributed by atoms with E-state index in [1.54, 1.807) is 11.3 Å². The standard InChI is InChI=1S/C42H23N3OS/c1-2-12-26-23-33-31(22-25(26)11-1)37-27-13-4-3-10-24(27)20-21-32(37)45(33)42-40-39(29-15-6-8-19-36(29)47-40)43-41(44-42)30-16-9-18-35-38(30)28-14-5-7-17-34(28)46-35/h1-23H. The average molecular weight is 618 g/mol. The predicted molar refractivity (Wildman–Crippen MR) is 197 cm³/mol. The summed E-state index contributed by atoms with van der Waals surface area (Å²) >= 11 is 1.76. The second kappa shape index (κ2) is 9.25. The molecule has 7 aromatic carbocycles. The van der Waals surface area contributed by atoms with Gasteiger partial charge in [0.2, 0.25) is 0 Å². The van der Waals surface area contributed by atoms with Crippen LogP contribution in [-0.2, 0) is 0 Å². The second-order valence-electron chi connectivity index (χ2n) is 12.2. The van der Waals surface area contributed by atoms with E-state index in [1.807, 2.05) is 24.3 Å². The van der Waals surface area contributed by atoms with E-state index >= 15 is 0 Å². The van der Waals surface area contributed by atoms with Crippen molar-refractivity contribution in [3.8, 4) is 17.2 Å². The topological polar surface area (TPSA) is 43.9 Å². The maximum absolute atomic E-state index is 6.30. The summed E-state index contributed by atoms with van der Waals surface area (Å²) in [4.78, 5) is 10.9. The lowest BCUT2D eigenvalue weighted by Crippen LogP contribution is -2.01. The first kappa shape index (κ1) is 25.2. The molecule has 0 saturated carbocycles. The van der Waals surface area contributed by atoms with Crippen molar-refractivity contribution in [3.63, 3.8) is 0 Å². The molecule has 11 rings (SSSR count). The van der Waals surface area contributed by atoms with Crippen LogP contribution in [-0.4, -0.2) is 14.5 Å². The molecule has 4 aromatic heterocycles. The first-order valence-corrected chi connectivity index (χ1v) is 16.6. The van der Waals surface area contributed by atoms with Gasteiger partial charge in [0, 0.05) is 37.2 Å². The molecule has 0 saturated heterocycles. The molecule has 0 radical (unpaired) electrons. The van der Waals surface area contributed by atoms with Crippen molar-refractivity contribution in [2.45, 2.75) is 0 Å². The van der Waals surface area contributed by atoms with Crippen molar-refractivity contribution in [1.29, 1.82) is 0 Å². The molecule has 0 fully saturated rings. The molecule has 0 aliphatic heterocycles. The molecule has 0 aliphatic rings. The zero-order valence-corrected chi connectivity index (χ0v) is 25.8. The van der Waals surface area contributed by atoms with E-state index in [-0.39, 0.29) is 0 Å². The smallest absolute Gasteiger partial charge is 0.163 e. The lowest BCUT2D eigenvalue weighted by Gasteiger charge is -2.12. The summed E-state index contributed by atoms with van der Waals surface area (Å²) in [6.45, 7) is 0. The zero-order chi connectivity index (χ0) is 30.6. The van der Waals surface area contributed by atoms with E-state index in [0.717, 1.165) is 60.0 Å². The fraction of sp³-hybridized carbons (Fsp3) is 0. The van der Waals surface area contributed by atoms with Gasteiger partial charge in [0.05, 0.1) is 21.3 Å². The van der Waals surface area contributed by atoms with Gasteiger partial charge in [0.15, 0.2) is 11.6 Å². The van der Waals surface area contributed by atoms with Gasteiger partial charge < -0.3 is 4.42 Å². The summed E-state index contributed by atoms with van der Waals surface area (Å²) in [5, 5.41) is 10.6. The Morgan fingerprint density at radius 3 is 2.13 bits per heavy atom. The molecule has 0 N–H and O–H groups in total. The molecule has 5 heteroatoms. The summed E-state index contributed by atoms with van der Waals surface area (Å²) in [6, 6.07) is 49.4. The molecule has 11 aromatic rings. The Bertz CT molecular complexity index is 3090. The van der Waals surface area contributed by atoms with Gasteiger partial charge in [-0.25, -0.2) is 9.97 Å². The maximum atomic E-state index is 6.30. The molecule has 218 valence electrons. The molecule has 4 nitrogen and oxygen atoms in total. The number of aromatic nitrogens is 3. The Morgan fingerprint density at radius 2 is 1.23 bits per heavy atom. The minimum atomic E-state index is 0.685. The molecule has 47 heavy (non-hydrogen) atoms. The predicted octanol–water partition coefficient (Wildman–Crippen LogP) is 11.8. The average Bonchev–Trinajstić information content (AvgIpc) is 3.80. The minimum Gasteiger partial charge on any atom is -0.456 e. The number of fused-ring (bicyclic) bond motifs is 12. The van der Waals surface area contributed by atoms with E-state index in [2.05, 4.69) is 120 Å². The summed E-state index contributed by atoms with van der Waals surface area (Å²) in [6.07, 6.45) is 0. The summed E-state index contributed by atoms with van der Waals surface area (Å²) in [5.74, 6) is 1.58. The Kier molecular flexibility index (Phi) is 4.96.